The largest absolute Gasteiger partial charge is 0.384 e. The first-order chi connectivity index (χ1) is 6.18. The van der Waals surface area contributed by atoms with E-state index >= 15 is 0 Å². The van der Waals surface area contributed by atoms with E-state index in [2.05, 4.69) is 17.2 Å². The molecule has 0 unspecified atom stereocenters. The van der Waals surface area contributed by atoms with Gasteiger partial charge in [0.1, 0.15) is 5.82 Å². The van der Waals surface area contributed by atoms with E-state index in [1.165, 1.54) is 12.8 Å². The van der Waals surface area contributed by atoms with Crippen LogP contribution in [0.3, 0.4) is 0 Å². The molecule has 0 radical (unpaired) electrons. The number of aromatic nitrogens is 1. The number of pyridine rings is 1. The maximum atomic E-state index is 5.56. The Labute approximate surface area is 78.4 Å². The molecule has 0 aliphatic heterocycles. The Morgan fingerprint density at radius 1 is 1.62 bits per heavy atom. The summed E-state index contributed by atoms with van der Waals surface area (Å²) in [5, 5.41) is 3.37. The average molecular weight is 177 g/mol. The molecular weight excluding hydrogens is 162 g/mol. The lowest BCUT2D eigenvalue weighted by atomic mass is 10.1. The minimum atomic E-state index is 0.526. The van der Waals surface area contributed by atoms with E-state index in [1.54, 1.807) is 6.20 Å². The van der Waals surface area contributed by atoms with Crippen molar-refractivity contribution in [2.75, 3.05) is 17.6 Å². The molecule has 13 heavy (non-hydrogen) atoms. The van der Waals surface area contributed by atoms with Crippen LogP contribution in [0.4, 0.5) is 11.5 Å². The summed E-state index contributed by atoms with van der Waals surface area (Å²) in [6.07, 6.45) is 4.40. The van der Waals surface area contributed by atoms with Gasteiger partial charge in [-0.1, -0.05) is 6.92 Å². The Morgan fingerprint density at radius 2 is 2.38 bits per heavy atom. The second kappa shape index (κ2) is 2.91. The third kappa shape index (κ3) is 2.11. The molecule has 0 aromatic carbocycles. The monoisotopic (exact) mass is 177 g/mol. The van der Waals surface area contributed by atoms with Crippen molar-refractivity contribution in [2.45, 2.75) is 19.8 Å². The van der Waals surface area contributed by atoms with Gasteiger partial charge in [0.25, 0.3) is 0 Å². The lowest BCUT2D eigenvalue weighted by molar-refractivity contribution is 0.611. The molecule has 1 heterocycles. The maximum absolute atomic E-state index is 5.56. The summed E-state index contributed by atoms with van der Waals surface area (Å²) >= 11 is 0. The highest BCUT2D eigenvalue weighted by molar-refractivity contribution is 5.49. The number of nitrogens with one attached hydrogen (secondary N) is 1. The molecule has 0 spiro atoms. The molecule has 2 rings (SSSR count). The molecule has 0 saturated heterocycles. The van der Waals surface area contributed by atoms with Crippen molar-refractivity contribution in [2.24, 2.45) is 5.41 Å². The summed E-state index contributed by atoms with van der Waals surface area (Å²) in [4.78, 5) is 3.94. The zero-order valence-electron chi connectivity index (χ0n) is 7.88. The standard InChI is InChI=1S/C10H15N3/c1-10(3-4-10)7-13-8-2-5-12-9(11)6-8/h2,5-6H,3-4,7H2,1H3,(H3,11,12,13). The minimum Gasteiger partial charge on any atom is -0.384 e. The van der Waals surface area contributed by atoms with Gasteiger partial charge in [-0.15, -0.1) is 0 Å². The second-order valence-corrected chi connectivity index (χ2v) is 4.13. The molecule has 0 bridgehead atoms. The third-order valence-electron chi connectivity index (χ3n) is 2.60. The molecule has 1 fully saturated rings. The number of hydrogen-bond donors (Lipinski definition) is 2. The molecule has 3 heteroatoms. The normalized spacial score (nSPS) is 18.2. The Bertz CT molecular complexity index is 305. The molecular formula is C10H15N3. The summed E-state index contributed by atoms with van der Waals surface area (Å²) in [5.41, 5.74) is 7.16. The minimum absolute atomic E-state index is 0.526. The maximum Gasteiger partial charge on any atom is 0.125 e. The highest BCUT2D eigenvalue weighted by Gasteiger charge is 2.36. The van der Waals surface area contributed by atoms with Crippen LogP contribution in [0.2, 0.25) is 0 Å². The fraction of sp³-hybridized carbons (Fsp3) is 0.500. The van der Waals surface area contributed by atoms with Gasteiger partial charge in [-0.25, -0.2) is 4.98 Å². The highest BCUT2D eigenvalue weighted by atomic mass is 14.9. The number of hydrogen-bond acceptors (Lipinski definition) is 3. The Morgan fingerprint density at radius 3 is 3.00 bits per heavy atom. The quantitative estimate of drug-likeness (QED) is 0.741. The first-order valence-corrected chi connectivity index (χ1v) is 4.63. The zero-order chi connectivity index (χ0) is 9.31. The summed E-state index contributed by atoms with van der Waals surface area (Å²) in [6.45, 7) is 3.33. The van der Waals surface area contributed by atoms with Crippen molar-refractivity contribution in [1.29, 1.82) is 0 Å². The van der Waals surface area contributed by atoms with E-state index in [1.807, 2.05) is 12.1 Å². The van der Waals surface area contributed by atoms with Crippen LogP contribution < -0.4 is 11.1 Å². The molecule has 0 atom stereocenters. The fourth-order valence-electron chi connectivity index (χ4n) is 1.26. The van der Waals surface area contributed by atoms with Crippen LogP contribution >= 0.6 is 0 Å². The van der Waals surface area contributed by atoms with Crippen LogP contribution in [0.5, 0.6) is 0 Å². The molecule has 1 aliphatic carbocycles. The van der Waals surface area contributed by atoms with Crippen molar-refractivity contribution in [3.05, 3.63) is 18.3 Å². The van der Waals surface area contributed by atoms with Gasteiger partial charge in [0, 0.05) is 24.5 Å². The first kappa shape index (κ1) is 8.35. The first-order valence-electron chi connectivity index (χ1n) is 4.63. The topological polar surface area (TPSA) is 50.9 Å². The Balaban J connectivity index is 1.94. The fourth-order valence-corrected chi connectivity index (χ4v) is 1.26. The number of anilines is 2. The summed E-state index contributed by atoms with van der Waals surface area (Å²) < 4.78 is 0. The molecule has 1 saturated carbocycles. The molecule has 3 N–H and O–H groups in total. The number of nitrogens with zero attached hydrogens (tertiary/aromatic N) is 1. The van der Waals surface area contributed by atoms with E-state index in [9.17, 15) is 0 Å². The van der Waals surface area contributed by atoms with Gasteiger partial charge in [0.2, 0.25) is 0 Å². The molecule has 1 aromatic heterocycles. The lowest BCUT2D eigenvalue weighted by Crippen LogP contribution is -2.11. The van der Waals surface area contributed by atoms with Crippen LogP contribution in [0.15, 0.2) is 18.3 Å². The predicted molar refractivity (Wildman–Crippen MR) is 54.5 cm³/mol. The Hall–Kier alpha value is -1.25. The Kier molecular flexibility index (Phi) is 1.87. The highest BCUT2D eigenvalue weighted by Crippen LogP contribution is 2.44. The van der Waals surface area contributed by atoms with Crippen LogP contribution in [0.1, 0.15) is 19.8 Å². The van der Waals surface area contributed by atoms with Crippen LogP contribution in [-0.2, 0) is 0 Å². The van der Waals surface area contributed by atoms with Crippen molar-refractivity contribution in [3.63, 3.8) is 0 Å². The predicted octanol–water partition coefficient (Wildman–Crippen LogP) is 1.88. The molecule has 70 valence electrons. The number of nitrogen functional groups attached to an aromatic ring is 1. The van der Waals surface area contributed by atoms with Crippen molar-refractivity contribution in [1.82, 2.24) is 4.98 Å². The van der Waals surface area contributed by atoms with Gasteiger partial charge >= 0.3 is 0 Å². The van der Waals surface area contributed by atoms with Gasteiger partial charge in [-0.3, -0.25) is 0 Å². The number of nitrogens with two attached hydrogens (primary N) is 1. The van der Waals surface area contributed by atoms with Gasteiger partial charge in [0.05, 0.1) is 0 Å². The van der Waals surface area contributed by atoms with Crippen LogP contribution in [0.25, 0.3) is 0 Å². The number of rotatable bonds is 3. The van der Waals surface area contributed by atoms with Crippen molar-refractivity contribution >= 4 is 11.5 Å². The van der Waals surface area contributed by atoms with Gasteiger partial charge < -0.3 is 11.1 Å². The lowest BCUT2D eigenvalue weighted by Gasteiger charge is -2.11. The zero-order valence-corrected chi connectivity index (χ0v) is 7.88. The van der Waals surface area contributed by atoms with E-state index in [4.69, 9.17) is 5.73 Å². The summed E-state index contributed by atoms with van der Waals surface area (Å²) in [7, 11) is 0. The molecule has 3 nitrogen and oxygen atoms in total. The van der Waals surface area contributed by atoms with Gasteiger partial charge in [0.15, 0.2) is 0 Å². The summed E-state index contributed by atoms with van der Waals surface area (Å²) in [6, 6.07) is 3.81. The SMILES string of the molecule is CC1(CNc2ccnc(N)c2)CC1. The third-order valence-corrected chi connectivity index (χ3v) is 2.60. The smallest absolute Gasteiger partial charge is 0.125 e. The van der Waals surface area contributed by atoms with Crippen molar-refractivity contribution < 1.29 is 0 Å². The summed E-state index contributed by atoms with van der Waals surface area (Å²) in [5.74, 6) is 0.575. The second-order valence-electron chi connectivity index (χ2n) is 4.13. The van der Waals surface area contributed by atoms with Gasteiger partial charge in [-0.2, -0.15) is 0 Å². The molecule has 1 aromatic rings. The van der Waals surface area contributed by atoms with E-state index in [0.29, 0.717) is 11.2 Å². The van der Waals surface area contributed by atoms with Gasteiger partial charge in [-0.05, 0) is 24.3 Å². The molecule has 0 amide bonds. The van der Waals surface area contributed by atoms with E-state index in [-0.39, 0.29) is 0 Å². The van der Waals surface area contributed by atoms with Crippen LogP contribution in [0, 0.1) is 5.41 Å². The van der Waals surface area contributed by atoms with E-state index < -0.39 is 0 Å². The average Bonchev–Trinajstić information content (AvgIpc) is 2.82. The molecule has 1 aliphatic rings. The van der Waals surface area contributed by atoms with Crippen LogP contribution in [-0.4, -0.2) is 11.5 Å². The van der Waals surface area contributed by atoms with Crippen molar-refractivity contribution in [3.8, 4) is 0 Å². The van der Waals surface area contributed by atoms with E-state index in [0.717, 1.165) is 12.2 Å².